The molecular formula is C14H21NO3. The maximum atomic E-state index is 11.4. The van der Waals surface area contributed by atoms with Crippen LogP contribution < -0.4 is 0 Å². The van der Waals surface area contributed by atoms with E-state index in [4.69, 9.17) is 9.84 Å². The number of hydrogen-bond donors (Lipinski definition) is 1. The standard InChI is InChI=1S/C14H21NO3/c1-12(14(17)18-2)10-15(8-9-16)11-13-6-4-3-5-7-13/h3-7,12,16H,8-11H2,1-2H3/t12-/m1/s1. The molecule has 0 aliphatic heterocycles. The predicted octanol–water partition coefficient (Wildman–Crippen LogP) is 1.29. The van der Waals surface area contributed by atoms with Crippen molar-refractivity contribution in [3.63, 3.8) is 0 Å². The molecule has 0 bridgehead atoms. The Bertz CT molecular complexity index is 353. The van der Waals surface area contributed by atoms with Gasteiger partial charge in [-0.1, -0.05) is 37.3 Å². The minimum atomic E-state index is -0.217. The highest BCUT2D eigenvalue weighted by Crippen LogP contribution is 2.08. The average molecular weight is 251 g/mol. The highest BCUT2D eigenvalue weighted by Gasteiger charge is 2.17. The van der Waals surface area contributed by atoms with Gasteiger partial charge in [0.1, 0.15) is 0 Å². The van der Waals surface area contributed by atoms with Crippen LogP contribution in [0.2, 0.25) is 0 Å². The first kappa shape index (κ1) is 14.7. The zero-order valence-corrected chi connectivity index (χ0v) is 11.0. The lowest BCUT2D eigenvalue weighted by atomic mass is 10.1. The summed E-state index contributed by atoms with van der Waals surface area (Å²) < 4.78 is 4.71. The second-order valence-electron chi connectivity index (χ2n) is 4.37. The highest BCUT2D eigenvalue weighted by atomic mass is 16.5. The molecule has 1 rings (SSSR count). The average Bonchev–Trinajstić information content (AvgIpc) is 2.39. The number of methoxy groups -OCH3 is 1. The van der Waals surface area contributed by atoms with E-state index < -0.39 is 0 Å². The molecule has 0 aromatic heterocycles. The molecule has 0 radical (unpaired) electrons. The molecule has 0 aliphatic carbocycles. The van der Waals surface area contributed by atoms with Gasteiger partial charge in [0.05, 0.1) is 19.6 Å². The van der Waals surface area contributed by atoms with Gasteiger partial charge in [0.2, 0.25) is 0 Å². The second-order valence-corrected chi connectivity index (χ2v) is 4.37. The Hall–Kier alpha value is -1.39. The van der Waals surface area contributed by atoms with Crippen LogP contribution in [0.25, 0.3) is 0 Å². The molecule has 1 aromatic rings. The molecule has 0 heterocycles. The summed E-state index contributed by atoms with van der Waals surface area (Å²) >= 11 is 0. The van der Waals surface area contributed by atoms with E-state index >= 15 is 0 Å². The molecule has 0 amide bonds. The monoisotopic (exact) mass is 251 g/mol. The van der Waals surface area contributed by atoms with Crippen molar-refractivity contribution in [2.45, 2.75) is 13.5 Å². The Morgan fingerprint density at radius 2 is 2.06 bits per heavy atom. The van der Waals surface area contributed by atoms with Crippen molar-refractivity contribution in [1.29, 1.82) is 0 Å². The van der Waals surface area contributed by atoms with Gasteiger partial charge in [-0.3, -0.25) is 9.69 Å². The molecule has 1 N–H and O–H groups in total. The van der Waals surface area contributed by atoms with E-state index in [-0.39, 0.29) is 18.5 Å². The summed E-state index contributed by atoms with van der Waals surface area (Å²) in [6.45, 7) is 3.78. The lowest BCUT2D eigenvalue weighted by molar-refractivity contribution is -0.145. The maximum absolute atomic E-state index is 11.4. The largest absolute Gasteiger partial charge is 0.469 e. The topological polar surface area (TPSA) is 49.8 Å². The minimum absolute atomic E-state index is 0.0841. The first-order chi connectivity index (χ1) is 8.67. The maximum Gasteiger partial charge on any atom is 0.309 e. The van der Waals surface area contributed by atoms with Gasteiger partial charge in [-0.05, 0) is 5.56 Å². The van der Waals surface area contributed by atoms with Crippen LogP contribution in [0.3, 0.4) is 0 Å². The van der Waals surface area contributed by atoms with Crippen LogP contribution >= 0.6 is 0 Å². The fourth-order valence-electron chi connectivity index (χ4n) is 1.88. The molecule has 0 saturated carbocycles. The van der Waals surface area contributed by atoms with E-state index in [1.54, 1.807) is 0 Å². The summed E-state index contributed by atoms with van der Waals surface area (Å²) in [6, 6.07) is 10.0. The number of benzene rings is 1. The SMILES string of the molecule is COC(=O)[C@H](C)CN(CCO)Cc1ccccc1. The first-order valence-corrected chi connectivity index (χ1v) is 6.12. The van der Waals surface area contributed by atoms with Crippen molar-refractivity contribution < 1.29 is 14.6 Å². The van der Waals surface area contributed by atoms with Crippen molar-refractivity contribution >= 4 is 5.97 Å². The van der Waals surface area contributed by atoms with E-state index in [0.717, 1.165) is 6.54 Å². The lowest BCUT2D eigenvalue weighted by Gasteiger charge is -2.23. The molecule has 0 aliphatic rings. The summed E-state index contributed by atoms with van der Waals surface area (Å²) in [5.74, 6) is -0.406. The van der Waals surface area contributed by atoms with Gasteiger partial charge >= 0.3 is 5.97 Å². The quantitative estimate of drug-likeness (QED) is 0.742. The third kappa shape index (κ3) is 4.85. The Morgan fingerprint density at radius 3 is 2.61 bits per heavy atom. The van der Waals surface area contributed by atoms with Crippen LogP contribution in [-0.4, -0.2) is 42.8 Å². The van der Waals surface area contributed by atoms with E-state index in [9.17, 15) is 4.79 Å². The molecule has 0 unspecified atom stereocenters. The molecule has 4 heteroatoms. The Morgan fingerprint density at radius 1 is 1.39 bits per heavy atom. The molecule has 1 aromatic carbocycles. The smallest absolute Gasteiger partial charge is 0.309 e. The van der Waals surface area contributed by atoms with Gasteiger partial charge in [-0.2, -0.15) is 0 Å². The highest BCUT2D eigenvalue weighted by molar-refractivity contribution is 5.72. The van der Waals surface area contributed by atoms with E-state index in [1.165, 1.54) is 12.7 Å². The summed E-state index contributed by atoms with van der Waals surface area (Å²) in [7, 11) is 1.40. The fourth-order valence-corrected chi connectivity index (χ4v) is 1.88. The molecule has 0 spiro atoms. The number of esters is 1. The molecular weight excluding hydrogens is 230 g/mol. The number of hydrogen-bond acceptors (Lipinski definition) is 4. The van der Waals surface area contributed by atoms with Crippen LogP contribution in [0.4, 0.5) is 0 Å². The minimum Gasteiger partial charge on any atom is -0.469 e. The van der Waals surface area contributed by atoms with Crippen molar-refractivity contribution in [3.8, 4) is 0 Å². The fraction of sp³-hybridized carbons (Fsp3) is 0.500. The number of aliphatic hydroxyl groups is 1. The molecule has 0 fully saturated rings. The first-order valence-electron chi connectivity index (χ1n) is 6.12. The number of ether oxygens (including phenoxy) is 1. The van der Waals surface area contributed by atoms with Crippen molar-refractivity contribution in [3.05, 3.63) is 35.9 Å². The van der Waals surface area contributed by atoms with Gasteiger partial charge in [-0.15, -0.1) is 0 Å². The van der Waals surface area contributed by atoms with Gasteiger partial charge in [0.25, 0.3) is 0 Å². The molecule has 100 valence electrons. The van der Waals surface area contributed by atoms with Crippen LogP contribution in [0.5, 0.6) is 0 Å². The van der Waals surface area contributed by atoms with Gasteiger partial charge in [0, 0.05) is 19.6 Å². The summed E-state index contributed by atoms with van der Waals surface area (Å²) in [5.41, 5.74) is 1.17. The van der Waals surface area contributed by atoms with Gasteiger partial charge in [-0.25, -0.2) is 0 Å². The summed E-state index contributed by atoms with van der Waals surface area (Å²) in [4.78, 5) is 13.4. The summed E-state index contributed by atoms with van der Waals surface area (Å²) in [5, 5.41) is 9.07. The Labute approximate surface area is 108 Å². The van der Waals surface area contributed by atoms with Crippen molar-refractivity contribution in [1.82, 2.24) is 4.90 Å². The third-order valence-electron chi connectivity index (χ3n) is 2.80. The van der Waals surface area contributed by atoms with Crippen LogP contribution in [0.15, 0.2) is 30.3 Å². The number of aliphatic hydroxyl groups excluding tert-OH is 1. The molecule has 18 heavy (non-hydrogen) atoms. The second kappa shape index (κ2) is 7.84. The Balaban J connectivity index is 2.57. The van der Waals surface area contributed by atoms with Crippen LogP contribution in [0.1, 0.15) is 12.5 Å². The number of rotatable bonds is 7. The van der Waals surface area contributed by atoms with Crippen molar-refractivity contribution in [2.75, 3.05) is 26.8 Å². The number of nitrogens with zero attached hydrogens (tertiary/aromatic N) is 1. The normalized spacial score (nSPS) is 12.4. The lowest BCUT2D eigenvalue weighted by Crippen LogP contribution is -2.34. The zero-order chi connectivity index (χ0) is 13.4. The molecule has 1 atom stereocenters. The predicted molar refractivity (Wildman–Crippen MR) is 70.0 cm³/mol. The van der Waals surface area contributed by atoms with Crippen LogP contribution in [0, 0.1) is 5.92 Å². The third-order valence-corrected chi connectivity index (χ3v) is 2.80. The van der Waals surface area contributed by atoms with E-state index in [0.29, 0.717) is 13.1 Å². The van der Waals surface area contributed by atoms with Crippen molar-refractivity contribution in [2.24, 2.45) is 5.92 Å². The summed E-state index contributed by atoms with van der Waals surface area (Å²) in [6.07, 6.45) is 0. The number of carbonyl (C=O) groups is 1. The van der Waals surface area contributed by atoms with Gasteiger partial charge < -0.3 is 9.84 Å². The van der Waals surface area contributed by atoms with E-state index in [1.807, 2.05) is 37.3 Å². The zero-order valence-electron chi connectivity index (χ0n) is 11.0. The van der Waals surface area contributed by atoms with Crippen LogP contribution in [-0.2, 0) is 16.1 Å². The Kier molecular flexibility index (Phi) is 6.39. The van der Waals surface area contributed by atoms with E-state index in [2.05, 4.69) is 4.90 Å². The number of carbonyl (C=O) groups excluding carboxylic acids is 1. The molecule has 4 nitrogen and oxygen atoms in total. The van der Waals surface area contributed by atoms with Gasteiger partial charge in [0.15, 0.2) is 0 Å². The molecule has 0 saturated heterocycles.